The van der Waals surface area contributed by atoms with Gasteiger partial charge in [0.05, 0.1) is 17.7 Å². The molecule has 0 fully saturated rings. The second kappa shape index (κ2) is 9.84. The van der Waals surface area contributed by atoms with Gasteiger partial charge in [-0.25, -0.2) is 8.42 Å². The molecule has 0 aromatic heterocycles. The maximum atomic E-state index is 13.3. The van der Waals surface area contributed by atoms with Crippen LogP contribution in [0.2, 0.25) is 5.02 Å². The average molecular weight is 500 g/mol. The van der Waals surface area contributed by atoms with Crippen LogP contribution in [-0.4, -0.2) is 27.3 Å². The number of rotatable bonds is 7. The Bertz CT molecular complexity index is 1350. The smallest absolute Gasteiger partial charge is 0.247 e. The van der Waals surface area contributed by atoms with E-state index in [1.807, 2.05) is 0 Å². The first-order valence-corrected chi connectivity index (χ1v) is 12.3. The molecule has 3 aromatic rings. The van der Waals surface area contributed by atoms with Crippen LogP contribution in [0.15, 0.2) is 71.6 Å². The molecular formula is C24H22ClN3O5S. The summed E-state index contributed by atoms with van der Waals surface area (Å²) >= 11 is 6.06. The van der Waals surface area contributed by atoms with Gasteiger partial charge in [0, 0.05) is 17.1 Å². The lowest BCUT2D eigenvalue weighted by atomic mass is 10.0. The lowest BCUT2D eigenvalue weighted by molar-refractivity contribution is -0.118. The summed E-state index contributed by atoms with van der Waals surface area (Å²) in [5.41, 5.74) is 2.06. The fourth-order valence-corrected chi connectivity index (χ4v) is 5.06. The van der Waals surface area contributed by atoms with Gasteiger partial charge in [0.25, 0.3) is 0 Å². The molecule has 3 N–H and O–H groups in total. The molecule has 0 aliphatic carbocycles. The van der Waals surface area contributed by atoms with Gasteiger partial charge in [0.1, 0.15) is 11.8 Å². The third-order valence-corrected chi connectivity index (χ3v) is 7.03. The maximum Gasteiger partial charge on any atom is 0.247 e. The summed E-state index contributed by atoms with van der Waals surface area (Å²) in [5, 5.41) is 5.82. The molecule has 2 amide bonds. The first kappa shape index (κ1) is 23.7. The molecule has 176 valence electrons. The normalized spacial score (nSPS) is 14.0. The predicted molar refractivity (Wildman–Crippen MR) is 130 cm³/mol. The highest BCUT2D eigenvalue weighted by molar-refractivity contribution is 7.89. The second-order valence-electron chi connectivity index (χ2n) is 7.67. The first-order valence-electron chi connectivity index (χ1n) is 10.4. The Hall–Kier alpha value is -3.40. The molecule has 1 aliphatic rings. The molecular weight excluding hydrogens is 478 g/mol. The van der Waals surface area contributed by atoms with Crippen molar-refractivity contribution in [1.82, 2.24) is 4.72 Å². The number of benzene rings is 3. The highest BCUT2D eigenvalue weighted by atomic mass is 35.5. The molecule has 34 heavy (non-hydrogen) atoms. The Morgan fingerprint density at radius 2 is 1.82 bits per heavy atom. The first-order chi connectivity index (χ1) is 16.3. The zero-order valence-electron chi connectivity index (χ0n) is 18.2. The van der Waals surface area contributed by atoms with Crippen molar-refractivity contribution in [3.8, 4) is 5.75 Å². The summed E-state index contributed by atoms with van der Waals surface area (Å²) in [7, 11) is -2.64. The number of sulfonamides is 1. The summed E-state index contributed by atoms with van der Waals surface area (Å²) in [6.45, 7) is 0. The summed E-state index contributed by atoms with van der Waals surface area (Å²) in [5.74, 6) is -0.344. The van der Waals surface area contributed by atoms with Gasteiger partial charge in [-0.15, -0.1) is 0 Å². The Morgan fingerprint density at radius 1 is 1.06 bits per heavy atom. The Balaban J connectivity index is 1.65. The van der Waals surface area contributed by atoms with Gasteiger partial charge in [0.15, 0.2) is 0 Å². The summed E-state index contributed by atoms with van der Waals surface area (Å²) < 4.78 is 34.3. The lowest BCUT2D eigenvalue weighted by Crippen LogP contribution is -2.37. The van der Waals surface area contributed by atoms with Crippen LogP contribution in [0.25, 0.3) is 0 Å². The number of nitrogens with one attached hydrogen (secondary N) is 3. The van der Waals surface area contributed by atoms with Crippen LogP contribution in [0.4, 0.5) is 11.4 Å². The van der Waals surface area contributed by atoms with Gasteiger partial charge < -0.3 is 15.4 Å². The minimum atomic E-state index is -4.10. The maximum absolute atomic E-state index is 13.3. The van der Waals surface area contributed by atoms with Crippen molar-refractivity contribution in [1.29, 1.82) is 0 Å². The Kier molecular flexibility index (Phi) is 6.87. The number of aryl methyl sites for hydroxylation is 1. The van der Waals surface area contributed by atoms with Crippen LogP contribution >= 0.6 is 11.6 Å². The number of carbonyl (C=O) groups excluding carboxylic acids is 2. The van der Waals surface area contributed by atoms with Crippen LogP contribution < -0.4 is 20.1 Å². The minimum Gasteiger partial charge on any atom is -0.495 e. The van der Waals surface area contributed by atoms with Crippen LogP contribution in [0, 0.1) is 0 Å². The van der Waals surface area contributed by atoms with Gasteiger partial charge >= 0.3 is 0 Å². The van der Waals surface area contributed by atoms with Gasteiger partial charge in [-0.3, -0.25) is 9.59 Å². The van der Waals surface area contributed by atoms with E-state index in [0.717, 1.165) is 0 Å². The Labute approximate surface area is 202 Å². The topological polar surface area (TPSA) is 114 Å². The number of hydrogen-bond donors (Lipinski definition) is 3. The van der Waals surface area contributed by atoms with Crippen LogP contribution in [0.5, 0.6) is 5.75 Å². The van der Waals surface area contributed by atoms with Crippen LogP contribution in [-0.2, 0) is 26.0 Å². The largest absolute Gasteiger partial charge is 0.495 e. The van der Waals surface area contributed by atoms with E-state index in [4.69, 9.17) is 16.3 Å². The zero-order chi connectivity index (χ0) is 24.3. The molecule has 1 heterocycles. The molecule has 0 bridgehead atoms. The fourth-order valence-electron chi connectivity index (χ4n) is 3.65. The fraction of sp³-hybridized carbons (Fsp3) is 0.167. The number of halogens is 1. The van der Waals surface area contributed by atoms with Gasteiger partial charge in [-0.05, 0) is 53.9 Å². The Morgan fingerprint density at radius 3 is 2.56 bits per heavy atom. The van der Waals surface area contributed by atoms with Crippen molar-refractivity contribution in [2.24, 2.45) is 0 Å². The molecule has 0 saturated heterocycles. The summed E-state index contributed by atoms with van der Waals surface area (Å²) in [4.78, 5) is 24.9. The van der Waals surface area contributed by atoms with Crippen molar-refractivity contribution in [3.63, 3.8) is 0 Å². The molecule has 3 aromatic carbocycles. The molecule has 0 radical (unpaired) electrons. The van der Waals surface area contributed by atoms with E-state index in [2.05, 4.69) is 15.4 Å². The zero-order valence-corrected chi connectivity index (χ0v) is 19.7. The summed E-state index contributed by atoms with van der Waals surface area (Å²) in [6, 6.07) is 16.5. The quantitative estimate of drug-likeness (QED) is 0.456. The van der Waals surface area contributed by atoms with E-state index >= 15 is 0 Å². The van der Waals surface area contributed by atoms with Gasteiger partial charge in [0.2, 0.25) is 21.8 Å². The third kappa shape index (κ3) is 5.22. The van der Waals surface area contributed by atoms with Gasteiger partial charge in [-0.1, -0.05) is 41.9 Å². The van der Waals surface area contributed by atoms with E-state index in [-0.39, 0.29) is 17.2 Å². The molecule has 1 aliphatic heterocycles. The average Bonchev–Trinajstić information content (AvgIpc) is 2.83. The molecule has 4 rings (SSSR count). The number of amides is 2. The number of anilines is 2. The SMILES string of the molecule is COc1ccc(Cl)cc1NC(=O)[C@H](NS(=O)(=O)c1ccc2c(c1)CCC(=O)N2)c1ccccc1. The molecule has 10 heteroatoms. The van der Waals surface area contributed by atoms with E-state index in [0.29, 0.717) is 39.7 Å². The standard InChI is InChI=1S/C24H22ClN3O5S/c1-33-21-11-8-17(25)14-20(21)27-24(30)23(15-5-3-2-4-6-15)28-34(31,32)18-9-10-19-16(13-18)7-12-22(29)26-19/h2-6,8-11,13-14,23,28H,7,12H2,1H3,(H,26,29)(H,27,30)/t23-/m1/s1. The van der Waals surface area contributed by atoms with Crippen molar-refractivity contribution in [2.45, 2.75) is 23.8 Å². The predicted octanol–water partition coefficient (Wildman–Crippen LogP) is 3.89. The molecule has 0 saturated carbocycles. The molecule has 8 nitrogen and oxygen atoms in total. The van der Waals surface area contributed by atoms with Gasteiger partial charge in [-0.2, -0.15) is 4.72 Å². The van der Waals surface area contributed by atoms with Crippen LogP contribution in [0.3, 0.4) is 0 Å². The van der Waals surface area contributed by atoms with E-state index in [9.17, 15) is 18.0 Å². The number of carbonyl (C=O) groups is 2. The number of hydrogen-bond acceptors (Lipinski definition) is 5. The minimum absolute atomic E-state index is 0.00327. The third-order valence-electron chi connectivity index (χ3n) is 5.37. The number of methoxy groups -OCH3 is 1. The van der Waals surface area contributed by atoms with Crippen LogP contribution in [0.1, 0.15) is 23.6 Å². The molecule has 1 atom stereocenters. The number of fused-ring (bicyclic) bond motifs is 1. The highest BCUT2D eigenvalue weighted by Gasteiger charge is 2.29. The summed E-state index contributed by atoms with van der Waals surface area (Å²) in [6.07, 6.45) is 0.710. The molecule has 0 unspecified atom stereocenters. The van der Waals surface area contributed by atoms with E-state index < -0.39 is 22.0 Å². The molecule has 0 spiro atoms. The van der Waals surface area contributed by atoms with E-state index in [1.165, 1.54) is 25.3 Å². The van der Waals surface area contributed by atoms with Crippen molar-refractivity contribution in [3.05, 3.63) is 82.9 Å². The second-order valence-corrected chi connectivity index (χ2v) is 9.82. The van der Waals surface area contributed by atoms with E-state index in [1.54, 1.807) is 48.5 Å². The van der Waals surface area contributed by atoms with Crippen molar-refractivity contribution in [2.75, 3.05) is 17.7 Å². The van der Waals surface area contributed by atoms with Crippen molar-refractivity contribution >= 4 is 44.8 Å². The van der Waals surface area contributed by atoms with Crippen molar-refractivity contribution < 1.29 is 22.7 Å². The monoisotopic (exact) mass is 499 g/mol. The highest BCUT2D eigenvalue weighted by Crippen LogP contribution is 2.30. The number of ether oxygens (including phenoxy) is 1. The lowest BCUT2D eigenvalue weighted by Gasteiger charge is -2.21.